The average Bonchev–Trinajstić information content (AvgIpc) is 2.81. The summed E-state index contributed by atoms with van der Waals surface area (Å²) >= 11 is 0. The van der Waals surface area contributed by atoms with E-state index >= 15 is 0 Å². The summed E-state index contributed by atoms with van der Waals surface area (Å²) in [6.07, 6.45) is 1.01. The SMILES string of the molecule is COc1cc(C2CC(=O)N(c3ccccc3C#N)C3=C2C(=O)CC(C)(C)C3)cc(OC)c1OC. The Labute approximate surface area is 199 Å². The third-order valence-corrected chi connectivity index (χ3v) is 6.50. The van der Waals surface area contributed by atoms with Crippen LogP contribution in [0, 0.1) is 16.7 Å². The minimum absolute atomic E-state index is 0.0111. The molecule has 0 bridgehead atoms. The van der Waals surface area contributed by atoms with Crippen molar-refractivity contribution in [3.8, 4) is 23.3 Å². The van der Waals surface area contributed by atoms with E-state index < -0.39 is 5.92 Å². The van der Waals surface area contributed by atoms with Crippen molar-refractivity contribution in [1.82, 2.24) is 0 Å². The average molecular weight is 461 g/mol. The highest BCUT2D eigenvalue weighted by Gasteiger charge is 2.45. The van der Waals surface area contributed by atoms with Gasteiger partial charge in [-0.05, 0) is 41.7 Å². The molecule has 0 saturated carbocycles. The Balaban J connectivity index is 1.95. The Morgan fingerprint density at radius 1 is 1.00 bits per heavy atom. The number of nitrogens with zero attached hydrogens (tertiary/aromatic N) is 2. The first-order valence-electron chi connectivity index (χ1n) is 11.1. The lowest BCUT2D eigenvalue weighted by Gasteiger charge is -2.43. The largest absolute Gasteiger partial charge is 0.493 e. The van der Waals surface area contributed by atoms with Crippen molar-refractivity contribution in [2.75, 3.05) is 26.2 Å². The van der Waals surface area contributed by atoms with Crippen molar-refractivity contribution < 1.29 is 23.8 Å². The molecule has 7 nitrogen and oxygen atoms in total. The first kappa shape index (κ1) is 23.4. The first-order chi connectivity index (χ1) is 16.2. The smallest absolute Gasteiger partial charge is 0.232 e. The van der Waals surface area contributed by atoms with Crippen LogP contribution in [0.25, 0.3) is 0 Å². The zero-order valence-electron chi connectivity index (χ0n) is 20.1. The molecular formula is C27H28N2O5. The second kappa shape index (κ2) is 8.86. The highest BCUT2D eigenvalue weighted by Crippen LogP contribution is 2.50. The number of ketones is 1. The molecule has 34 heavy (non-hydrogen) atoms. The van der Waals surface area contributed by atoms with E-state index in [4.69, 9.17) is 14.2 Å². The fraction of sp³-hybridized carbons (Fsp3) is 0.370. The number of anilines is 1. The van der Waals surface area contributed by atoms with Gasteiger partial charge in [0.25, 0.3) is 0 Å². The van der Waals surface area contributed by atoms with Crippen molar-refractivity contribution in [2.24, 2.45) is 5.41 Å². The monoisotopic (exact) mass is 460 g/mol. The summed E-state index contributed by atoms with van der Waals surface area (Å²) < 4.78 is 16.5. The number of para-hydroxylation sites is 1. The molecule has 0 fully saturated rings. The Hall–Kier alpha value is -3.79. The van der Waals surface area contributed by atoms with E-state index in [0.717, 1.165) is 5.56 Å². The van der Waals surface area contributed by atoms with Crippen LogP contribution in [0.4, 0.5) is 5.69 Å². The third kappa shape index (κ3) is 3.90. The molecule has 1 unspecified atom stereocenters. The van der Waals surface area contributed by atoms with Gasteiger partial charge >= 0.3 is 0 Å². The number of ether oxygens (including phenoxy) is 3. The van der Waals surface area contributed by atoms with Gasteiger partial charge in [0.15, 0.2) is 17.3 Å². The van der Waals surface area contributed by atoms with Crippen LogP contribution in [0.2, 0.25) is 0 Å². The van der Waals surface area contributed by atoms with E-state index in [-0.39, 0.29) is 23.5 Å². The van der Waals surface area contributed by atoms with Crippen molar-refractivity contribution in [3.05, 3.63) is 58.8 Å². The number of hydrogen-bond donors (Lipinski definition) is 0. The van der Waals surface area contributed by atoms with Gasteiger partial charge in [0, 0.05) is 30.0 Å². The van der Waals surface area contributed by atoms with Gasteiger partial charge in [-0.15, -0.1) is 0 Å². The molecule has 1 aliphatic carbocycles. The zero-order valence-corrected chi connectivity index (χ0v) is 20.1. The van der Waals surface area contributed by atoms with E-state index in [9.17, 15) is 14.9 Å². The Morgan fingerprint density at radius 3 is 2.24 bits per heavy atom. The Morgan fingerprint density at radius 2 is 1.65 bits per heavy atom. The fourth-order valence-electron chi connectivity index (χ4n) is 5.05. The van der Waals surface area contributed by atoms with Crippen LogP contribution in [-0.4, -0.2) is 33.0 Å². The number of allylic oxidation sites excluding steroid dienone is 2. The molecule has 4 rings (SSSR count). The van der Waals surface area contributed by atoms with Gasteiger partial charge in [-0.25, -0.2) is 0 Å². The number of rotatable bonds is 5. The lowest BCUT2D eigenvalue weighted by atomic mass is 9.69. The fourth-order valence-corrected chi connectivity index (χ4v) is 5.05. The van der Waals surface area contributed by atoms with Crippen LogP contribution in [0.3, 0.4) is 0 Å². The summed E-state index contributed by atoms with van der Waals surface area (Å²) in [7, 11) is 4.60. The number of methoxy groups -OCH3 is 3. The minimum Gasteiger partial charge on any atom is -0.493 e. The summed E-state index contributed by atoms with van der Waals surface area (Å²) in [5.74, 6) is 0.776. The number of amides is 1. The summed E-state index contributed by atoms with van der Waals surface area (Å²) in [6, 6.07) is 12.8. The predicted octanol–water partition coefficient (Wildman–Crippen LogP) is 4.75. The van der Waals surface area contributed by atoms with Crippen molar-refractivity contribution in [2.45, 2.75) is 39.0 Å². The van der Waals surface area contributed by atoms with Crippen LogP contribution in [0.5, 0.6) is 17.2 Å². The van der Waals surface area contributed by atoms with E-state index in [0.29, 0.717) is 52.6 Å². The summed E-state index contributed by atoms with van der Waals surface area (Å²) in [4.78, 5) is 28.8. The van der Waals surface area contributed by atoms with Gasteiger partial charge < -0.3 is 14.2 Å². The van der Waals surface area contributed by atoms with Gasteiger partial charge in [-0.3, -0.25) is 14.5 Å². The van der Waals surface area contributed by atoms with Gasteiger partial charge in [0.2, 0.25) is 11.7 Å². The van der Waals surface area contributed by atoms with Gasteiger partial charge in [-0.1, -0.05) is 26.0 Å². The van der Waals surface area contributed by atoms with Crippen LogP contribution < -0.4 is 19.1 Å². The number of carbonyl (C=O) groups excluding carboxylic acids is 2. The number of hydrogen-bond acceptors (Lipinski definition) is 6. The normalized spacial score (nSPS) is 19.4. The topological polar surface area (TPSA) is 88.9 Å². The van der Waals surface area contributed by atoms with Crippen molar-refractivity contribution in [3.63, 3.8) is 0 Å². The summed E-state index contributed by atoms with van der Waals surface area (Å²) in [6.45, 7) is 4.05. The van der Waals surface area contributed by atoms with E-state index in [1.807, 2.05) is 13.8 Å². The molecular weight excluding hydrogens is 432 g/mol. The quantitative estimate of drug-likeness (QED) is 0.640. The zero-order chi connectivity index (χ0) is 24.6. The molecule has 0 N–H and O–H groups in total. The maximum Gasteiger partial charge on any atom is 0.232 e. The standard InChI is InChI=1S/C27H28N2O5/c1-27(2)13-20-25(21(30)14-27)18(17-10-22(32-3)26(34-5)23(11-17)33-4)12-24(31)29(20)19-9-7-6-8-16(19)15-28/h6-11,18H,12-14H2,1-5H3. The van der Waals surface area contributed by atoms with E-state index in [2.05, 4.69) is 6.07 Å². The molecule has 1 atom stereocenters. The van der Waals surface area contributed by atoms with Crippen LogP contribution in [-0.2, 0) is 9.59 Å². The maximum atomic E-state index is 13.6. The number of nitriles is 1. The second-order valence-corrected chi connectivity index (χ2v) is 9.37. The molecule has 2 aromatic rings. The molecule has 2 aromatic carbocycles. The van der Waals surface area contributed by atoms with Crippen LogP contribution >= 0.6 is 0 Å². The van der Waals surface area contributed by atoms with Gasteiger partial charge in [-0.2, -0.15) is 5.26 Å². The molecule has 0 saturated heterocycles. The number of benzene rings is 2. The second-order valence-electron chi connectivity index (χ2n) is 9.37. The van der Waals surface area contributed by atoms with E-state index in [1.165, 1.54) is 21.3 Å². The maximum absolute atomic E-state index is 13.6. The highest BCUT2D eigenvalue weighted by atomic mass is 16.5. The van der Waals surface area contributed by atoms with E-state index in [1.54, 1.807) is 41.3 Å². The van der Waals surface area contributed by atoms with Crippen molar-refractivity contribution in [1.29, 1.82) is 5.26 Å². The predicted molar refractivity (Wildman–Crippen MR) is 127 cm³/mol. The molecule has 1 heterocycles. The lowest BCUT2D eigenvalue weighted by Crippen LogP contribution is -2.44. The number of Topliss-reactive ketones (excluding diaryl/α,β-unsaturated/α-hetero) is 1. The van der Waals surface area contributed by atoms with Crippen LogP contribution in [0.1, 0.15) is 50.2 Å². The molecule has 176 valence electrons. The van der Waals surface area contributed by atoms with Gasteiger partial charge in [0.1, 0.15) is 6.07 Å². The molecule has 1 aliphatic heterocycles. The van der Waals surface area contributed by atoms with Crippen molar-refractivity contribution >= 4 is 17.4 Å². The summed E-state index contributed by atoms with van der Waals surface area (Å²) in [5.41, 5.74) is 2.62. The summed E-state index contributed by atoms with van der Waals surface area (Å²) in [5, 5.41) is 9.67. The third-order valence-electron chi connectivity index (χ3n) is 6.50. The molecule has 0 aromatic heterocycles. The Bertz CT molecular complexity index is 1210. The Kier molecular flexibility index (Phi) is 6.09. The lowest BCUT2D eigenvalue weighted by molar-refractivity contribution is -0.121. The number of carbonyl (C=O) groups is 2. The van der Waals surface area contributed by atoms with Crippen LogP contribution in [0.15, 0.2) is 47.7 Å². The molecule has 2 aliphatic rings. The molecule has 0 radical (unpaired) electrons. The van der Waals surface area contributed by atoms with Gasteiger partial charge in [0.05, 0.1) is 32.6 Å². The molecule has 7 heteroatoms. The highest BCUT2D eigenvalue weighted by molar-refractivity contribution is 6.08. The molecule has 0 spiro atoms. The first-order valence-corrected chi connectivity index (χ1v) is 11.1. The molecule has 1 amide bonds. The minimum atomic E-state index is -0.453.